The average Bonchev–Trinajstić information content (AvgIpc) is 3.44. The van der Waals surface area contributed by atoms with E-state index in [0.717, 1.165) is 15.5 Å². The maximum Gasteiger partial charge on any atom is 0.355 e. The summed E-state index contributed by atoms with van der Waals surface area (Å²) in [7, 11) is 0. The van der Waals surface area contributed by atoms with Gasteiger partial charge in [0.25, 0.3) is 5.69 Å². The second kappa shape index (κ2) is 7.78. The molecule has 0 aliphatic carbocycles. The molecule has 3 aromatic rings. The van der Waals surface area contributed by atoms with Crippen molar-refractivity contribution in [2.24, 2.45) is 5.92 Å². The van der Waals surface area contributed by atoms with E-state index in [0.29, 0.717) is 17.6 Å². The van der Waals surface area contributed by atoms with Gasteiger partial charge in [0.15, 0.2) is 0 Å². The maximum absolute atomic E-state index is 13.2. The predicted octanol–water partition coefficient (Wildman–Crippen LogP) is 2.68. The second-order valence-corrected chi connectivity index (χ2v) is 9.24. The molecule has 11 heteroatoms. The lowest BCUT2D eigenvalue weighted by Crippen LogP contribution is -2.61. The third-order valence-electron chi connectivity index (χ3n) is 6.15. The molecule has 3 atom stereocenters. The van der Waals surface area contributed by atoms with Gasteiger partial charge in [-0.05, 0) is 38.0 Å². The number of fused-ring (bicyclic) bond motifs is 2. The summed E-state index contributed by atoms with van der Waals surface area (Å²) in [4.78, 5) is 43.7. The molecule has 1 aromatic carbocycles. The summed E-state index contributed by atoms with van der Waals surface area (Å²) in [5.74, 6) is -0.687. The molecule has 2 aliphatic heterocycles. The number of aromatic nitrogens is 2. The Kier molecular flexibility index (Phi) is 5.02. The minimum Gasteiger partial charge on any atom is -0.456 e. The van der Waals surface area contributed by atoms with Crippen molar-refractivity contribution >= 4 is 39.3 Å². The molecule has 170 valence electrons. The lowest BCUT2D eigenvalue weighted by Gasteiger charge is -2.44. The Hall–Kier alpha value is -3.57. The number of benzene rings is 1. The number of carbonyl (C=O) groups excluding carboxylic acids is 2. The van der Waals surface area contributed by atoms with Crippen molar-refractivity contribution in [1.82, 2.24) is 14.3 Å². The minimum atomic E-state index is -0.819. The van der Waals surface area contributed by atoms with Crippen LogP contribution in [0, 0.1) is 23.0 Å². The predicted molar refractivity (Wildman–Crippen MR) is 118 cm³/mol. The zero-order valence-corrected chi connectivity index (χ0v) is 18.6. The van der Waals surface area contributed by atoms with Gasteiger partial charge in [0.05, 0.1) is 34.1 Å². The lowest BCUT2D eigenvalue weighted by molar-refractivity contribution is -0.384. The molecule has 1 fully saturated rings. The number of esters is 1. The van der Waals surface area contributed by atoms with Crippen LogP contribution < -0.4 is 0 Å². The largest absolute Gasteiger partial charge is 0.456 e. The van der Waals surface area contributed by atoms with Crippen molar-refractivity contribution in [3.8, 4) is 0 Å². The first-order chi connectivity index (χ1) is 15.8. The zero-order chi connectivity index (χ0) is 23.4. The number of aryl methyl sites for hydroxylation is 1. The van der Waals surface area contributed by atoms with E-state index >= 15 is 0 Å². The van der Waals surface area contributed by atoms with E-state index in [9.17, 15) is 24.8 Å². The highest BCUT2D eigenvalue weighted by atomic mass is 32.1. The van der Waals surface area contributed by atoms with E-state index in [1.54, 1.807) is 13.1 Å². The molecule has 1 N–H and O–H groups in total. The lowest BCUT2D eigenvalue weighted by atomic mass is 9.83. The fraction of sp³-hybridized carbons (Fsp3) is 0.318. The molecule has 2 aromatic heterocycles. The summed E-state index contributed by atoms with van der Waals surface area (Å²) in [6.07, 6.45) is 3.28. The van der Waals surface area contributed by atoms with Gasteiger partial charge in [0.1, 0.15) is 23.0 Å². The third-order valence-corrected chi connectivity index (χ3v) is 7.23. The SMILES string of the molecule is Cc1ncc2sc(C3=C(C(=O)OCc4ccc([N+](=O)[O-])cc4)N4C(=O)[C@H]([C@@H](C)O)[C@H]4C3)cn12. The molecular weight excluding hydrogens is 448 g/mol. The first-order valence-corrected chi connectivity index (χ1v) is 11.2. The molecule has 2 aliphatic rings. The number of carbonyl (C=O) groups is 2. The summed E-state index contributed by atoms with van der Waals surface area (Å²) >= 11 is 1.47. The van der Waals surface area contributed by atoms with Crippen molar-refractivity contribution in [2.45, 2.75) is 39.0 Å². The molecule has 0 saturated carbocycles. The number of nitro benzene ring substituents is 1. The van der Waals surface area contributed by atoms with E-state index in [2.05, 4.69) is 4.98 Å². The normalized spacial score (nSPS) is 20.7. The summed E-state index contributed by atoms with van der Waals surface area (Å²) in [5.41, 5.74) is 1.44. The standard InChI is InChI=1S/C22H20N4O6S/c1-11(27)19-16-7-15(17-9-24-12(2)23-8-18(24)33-17)20(25(16)21(19)28)22(29)32-10-13-3-5-14(6-4-13)26(30)31/h3-6,8-9,11,16,19,27H,7,10H2,1-2H3/t11-,16-,19-/m1/s1. The second-order valence-electron chi connectivity index (χ2n) is 8.18. The Labute approximate surface area is 191 Å². The number of hydrogen-bond acceptors (Lipinski definition) is 8. The van der Waals surface area contributed by atoms with Gasteiger partial charge in [0.2, 0.25) is 5.91 Å². The summed E-state index contributed by atoms with van der Waals surface area (Å²) < 4.78 is 7.43. The van der Waals surface area contributed by atoms with Crippen LogP contribution in [0.5, 0.6) is 0 Å². The molecule has 1 saturated heterocycles. The van der Waals surface area contributed by atoms with E-state index in [1.165, 1.54) is 40.5 Å². The first kappa shape index (κ1) is 21.3. The van der Waals surface area contributed by atoms with E-state index in [-0.39, 0.29) is 29.9 Å². The summed E-state index contributed by atoms with van der Waals surface area (Å²) in [6, 6.07) is 5.44. The number of ether oxygens (including phenoxy) is 1. The van der Waals surface area contributed by atoms with Crippen LogP contribution in [0.1, 0.15) is 29.6 Å². The van der Waals surface area contributed by atoms with E-state index in [1.807, 2.05) is 17.5 Å². The number of nitro groups is 1. The van der Waals surface area contributed by atoms with Crippen molar-refractivity contribution in [1.29, 1.82) is 0 Å². The molecule has 0 spiro atoms. The molecule has 0 radical (unpaired) electrons. The molecule has 5 rings (SSSR count). The highest BCUT2D eigenvalue weighted by molar-refractivity contribution is 7.18. The minimum absolute atomic E-state index is 0.0528. The van der Waals surface area contributed by atoms with Crippen LogP contribution in [-0.2, 0) is 20.9 Å². The number of β-lactam (4-membered cyclic amide) rings is 1. The molecule has 1 amide bonds. The van der Waals surface area contributed by atoms with Crippen LogP contribution in [0.15, 0.2) is 42.4 Å². The van der Waals surface area contributed by atoms with Gasteiger partial charge >= 0.3 is 5.97 Å². The molecule has 0 bridgehead atoms. The highest BCUT2D eigenvalue weighted by Crippen LogP contribution is 2.48. The van der Waals surface area contributed by atoms with Crippen LogP contribution in [0.4, 0.5) is 5.69 Å². The summed E-state index contributed by atoms with van der Waals surface area (Å²) in [6.45, 7) is 3.37. The number of aliphatic hydroxyl groups excluding tert-OH is 1. The van der Waals surface area contributed by atoms with Crippen LogP contribution in [-0.4, -0.2) is 48.3 Å². The number of rotatable bonds is 6. The number of amides is 1. The Morgan fingerprint density at radius 2 is 2.12 bits per heavy atom. The van der Waals surface area contributed by atoms with Crippen LogP contribution in [0.3, 0.4) is 0 Å². The van der Waals surface area contributed by atoms with Gasteiger partial charge in [-0.1, -0.05) is 0 Å². The molecule has 0 unspecified atom stereocenters. The Balaban J connectivity index is 1.45. The number of nitrogens with zero attached hydrogens (tertiary/aromatic N) is 4. The van der Waals surface area contributed by atoms with Crippen molar-refractivity contribution in [2.75, 3.05) is 0 Å². The zero-order valence-electron chi connectivity index (χ0n) is 17.8. The quantitative estimate of drug-likeness (QED) is 0.255. The first-order valence-electron chi connectivity index (χ1n) is 10.3. The number of thiazole rings is 1. The molecule has 10 nitrogen and oxygen atoms in total. The van der Waals surface area contributed by atoms with Gasteiger partial charge in [-0.3, -0.25) is 19.3 Å². The van der Waals surface area contributed by atoms with E-state index < -0.39 is 22.9 Å². The molecule has 4 heterocycles. The van der Waals surface area contributed by atoms with Gasteiger partial charge < -0.3 is 14.7 Å². The monoisotopic (exact) mass is 468 g/mol. The maximum atomic E-state index is 13.2. The number of aliphatic hydroxyl groups is 1. The smallest absolute Gasteiger partial charge is 0.355 e. The van der Waals surface area contributed by atoms with Gasteiger partial charge in [-0.15, -0.1) is 11.3 Å². The van der Waals surface area contributed by atoms with Crippen LogP contribution in [0.25, 0.3) is 10.4 Å². The molecule has 33 heavy (non-hydrogen) atoms. The van der Waals surface area contributed by atoms with Crippen molar-refractivity contribution in [3.05, 3.63) is 68.7 Å². The highest BCUT2D eigenvalue weighted by Gasteiger charge is 2.57. The van der Waals surface area contributed by atoms with E-state index in [4.69, 9.17) is 4.74 Å². The summed E-state index contributed by atoms with van der Waals surface area (Å²) in [5, 5.41) is 20.9. The van der Waals surface area contributed by atoms with Gasteiger partial charge in [-0.25, -0.2) is 9.78 Å². The van der Waals surface area contributed by atoms with Gasteiger partial charge in [0, 0.05) is 23.9 Å². The Bertz CT molecular complexity index is 1320. The third kappa shape index (κ3) is 3.40. The number of imidazole rings is 1. The van der Waals surface area contributed by atoms with Crippen molar-refractivity contribution < 1.29 is 24.4 Å². The van der Waals surface area contributed by atoms with Crippen LogP contribution >= 0.6 is 11.3 Å². The number of non-ortho nitro benzene ring substituents is 1. The number of hydrogen-bond donors (Lipinski definition) is 1. The topological polar surface area (TPSA) is 127 Å². The van der Waals surface area contributed by atoms with Crippen molar-refractivity contribution in [3.63, 3.8) is 0 Å². The molecular formula is C22H20N4O6S. The fourth-order valence-corrected chi connectivity index (χ4v) is 5.55. The van der Waals surface area contributed by atoms with Crippen LogP contribution in [0.2, 0.25) is 0 Å². The Morgan fingerprint density at radius 3 is 2.76 bits per heavy atom. The Morgan fingerprint density at radius 1 is 1.39 bits per heavy atom. The van der Waals surface area contributed by atoms with Gasteiger partial charge in [-0.2, -0.15) is 0 Å². The fourth-order valence-electron chi connectivity index (χ4n) is 4.47. The average molecular weight is 468 g/mol.